The van der Waals surface area contributed by atoms with Gasteiger partial charge in [0.05, 0.1) is 0 Å². The summed E-state index contributed by atoms with van der Waals surface area (Å²) in [6, 6.07) is 9.39. The summed E-state index contributed by atoms with van der Waals surface area (Å²) >= 11 is 0. The number of nitrogens with one attached hydrogen (secondary N) is 2. The van der Waals surface area contributed by atoms with Crippen molar-refractivity contribution in [2.75, 3.05) is 11.9 Å². The number of amides is 2. The zero-order chi connectivity index (χ0) is 16.2. The number of unbranched alkanes of at least 4 members (excludes halogenated alkanes) is 3. The van der Waals surface area contributed by atoms with Crippen molar-refractivity contribution in [3.8, 4) is 0 Å². The third-order valence-corrected chi connectivity index (χ3v) is 3.15. The van der Waals surface area contributed by atoms with Crippen LogP contribution < -0.4 is 10.6 Å². The first-order valence-electron chi connectivity index (χ1n) is 7.45. The molecule has 0 spiro atoms. The monoisotopic (exact) mass is 305 g/mol. The molecule has 0 heterocycles. The number of benzene rings is 1. The van der Waals surface area contributed by atoms with Crippen molar-refractivity contribution in [1.82, 2.24) is 5.32 Å². The average molecular weight is 305 g/mol. The first kappa shape index (κ1) is 17.7. The predicted molar refractivity (Wildman–Crippen MR) is 86.1 cm³/mol. The van der Waals surface area contributed by atoms with Gasteiger partial charge in [0, 0.05) is 18.7 Å². The van der Waals surface area contributed by atoms with E-state index >= 15 is 0 Å². The van der Waals surface area contributed by atoms with Gasteiger partial charge in [-0.25, -0.2) is 0 Å². The summed E-state index contributed by atoms with van der Waals surface area (Å²) in [5, 5.41) is 16.8. The number of carbonyl (C=O) groups is 2. The molecule has 0 aliphatic heterocycles. The Kier molecular flexibility index (Phi) is 8.33. The average Bonchev–Trinajstić information content (AvgIpc) is 2.53. The van der Waals surface area contributed by atoms with Crippen LogP contribution in [0.15, 0.2) is 35.5 Å². The highest BCUT2D eigenvalue weighted by Gasteiger charge is 2.05. The van der Waals surface area contributed by atoms with E-state index in [1.807, 2.05) is 30.3 Å². The Morgan fingerprint density at radius 3 is 2.45 bits per heavy atom. The molecule has 1 aromatic carbocycles. The van der Waals surface area contributed by atoms with Crippen LogP contribution in [0.25, 0.3) is 0 Å². The molecule has 6 nitrogen and oxygen atoms in total. The van der Waals surface area contributed by atoms with Gasteiger partial charge in [0.15, 0.2) is 0 Å². The lowest BCUT2D eigenvalue weighted by atomic mass is 10.1. The van der Waals surface area contributed by atoms with Gasteiger partial charge in [-0.3, -0.25) is 9.59 Å². The van der Waals surface area contributed by atoms with Crippen LogP contribution in [0.5, 0.6) is 0 Å². The number of para-hydroxylation sites is 1. The van der Waals surface area contributed by atoms with Gasteiger partial charge >= 0.3 is 0 Å². The highest BCUT2D eigenvalue weighted by atomic mass is 16.4. The molecular formula is C16H23N3O3. The van der Waals surface area contributed by atoms with Crippen molar-refractivity contribution < 1.29 is 14.8 Å². The molecule has 22 heavy (non-hydrogen) atoms. The third-order valence-electron chi connectivity index (χ3n) is 3.15. The van der Waals surface area contributed by atoms with E-state index in [1.165, 1.54) is 6.92 Å². The lowest BCUT2D eigenvalue weighted by molar-refractivity contribution is -0.116. The van der Waals surface area contributed by atoms with Crippen molar-refractivity contribution >= 4 is 23.2 Å². The molecule has 0 aliphatic carbocycles. The smallest absolute Gasteiger partial charge is 0.268 e. The molecule has 0 atom stereocenters. The summed E-state index contributed by atoms with van der Waals surface area (Å²) in [6.07, 6.45) is 4.03. The van der Waals surface area contributed by atoms with E-state index in [1.54, 1.807) is 0 Å². The van der Waals surface area contributed by atoms with E-state index in [2.05, 4.69) is 15.8 Å². The SMILES string of the molecule is CC(=NO)C(=O)NCCCCCCC(=O)Nc1ccccc1. The van der Waals surface area contributed by atoms with Crippen molar-refractivity contribution in [1.29, 1.82) is 0 Å². The van der Waals surface area contributed by atoms with Crippen LogP contribution in [0.3, 0.4) is 0 Å². The minimum absolute atomic E-state index is 0.0225. The minimum Gasteiger partial charge on any atom is -0.410 e. The summed E-state index contributed by atoms with van der Waals surface area (Å²) in [4.78, 5) is 23.0. The van der Waals surface area contributed by atoms with Crippen LogP contribution in [0.4, 0.5) is 5.69 Å². The summed E-state index contributed by atoms with van der Waals surface area (Å²) in [7, 11) is 0. The lowest BCUT2D eigenvalue weighted by Crippen LogP contribution is -2.30. The zero-order valence-electron chi connectivity index (χ0n) is 12.8. The second kappa shape index (κ2) is 10.4. The van der Waals surface area contributed by atoms with Gasteiger partial charge in [-0.05, 0) is 31.9 Å². The molecule has 1 aromatic rings. The number of oxime groups is 1. The van der Waals surface area contributed by atoms with Crippen LogP contribution in [-0.4, -0.2) is 29.3 Å². The number of hydrogen-bond acceptors (Lipinski definition) is 4. The van der Waals surface area contributed by atoms with E-state index in [-0.39, 0.29) is 17.5 Å². The molecule has 3 N–H and O–H groups in total. The first-order chi connectivity index (χ1) is 10.6. The number of nitrogens with zero attached hydrogens (tertiary/aromatic N) is 1. The van der Waals surface area contributed by atoms with Gasteiger partial charge in [-0.15, -0.1) is 0 Å². The van der Waals surface area contributed by atoms with Gasteiger partial charge in [0.2, 0.25) is 5.91 Å². The summed E-state index contributed by atoms with van der Waals surface area (Å²) in [6.45, 7) is 1.99. The van der Waals surface area contributed by atoms with Crippen LogP contribution in [-0.2, 0) is 9.59 Å². The fourth-order valence-electron chi connectivity index (χ4n) is 1.88. The van der Waals surface area contributed by atoms with Crippen molar-refractivity contribution in [2.24, 2.45) is 5.16 Å². The van der Waals surface area contributed by atoms with E-state index < -0.39 is 0 Å². The van der Waals surface area contributed by atoms with E-state index in [0.717, 1.165) is 31.4 Å². The fraction of sp³-hybridized carbons (Fsp3) is 0.438. The molecular weight excluding hydrogens is 282 g/mol. The standard InChI is InChI=1S/C16H23N3O3/c1-13(19-22)16(21)17-12-8-3-2-7-11-15(20)18-14-9-5-4-6-10-14/h4-6,9-10,22H,2-3,7-8,11-12H2,1H3,(H,17,21)(H,18,20). The maximum Gasteiger partial charge on any atom is 0.268 e. The summed E-state index contributed by atoms with van der Waals surface area (Å²) in [5.74, 6) is -0.334. The van der Waals surface area contributed by atoms with Crippen molar-refractivity contribution in [3.05, 3.63) is 30.3 Å². The molecule has 0 fully saturated rings. The quantitative estimate of drug-likeness (QED) is 0.283. The van der Waals surface area contributed by atoms with Gasteiger partial charge in [-0.1, -0.05) is 36.2 Å². The number of carbonyl (C=O) groups excluding carboxylic acids is 2. The highest BCUT2D eigenvalue weighted by molar-refractivity contribution is 6.37. The maximum atomic E-state index is 11.7. The highest BCUT2D eigenvalue weighted by Crippen LogP contribution is 2.08. The van der Waals surface area contributed by atoms with Crippen LogP contribution in [0.1, 0.15) is 39.0 Å². The van der Waals surface area contributed by atoms with Crippen LogP contribution in [0.2, 0.25) is 0 Å². The van der Waals surface area contributed by atoms with E-state index in [0.29, 0.717) is 13.0 Å². The molecule has 0 saturated heterocycles. The Bertz CT molecular complexity index is 501. The minimum atomic E-state index is -0.357. The van der Waals surface area contributed by atoms with Crippen molar-refractivity contribution in [2.45, 2.75) is 39.0 Å². The molecule has 0 unspecified atom stereocenters. The molecule has 120 valence electrons. The molecule has 0 aromatic heterocycles. The predicted octanol–water partition coefficient (Wildman–Crippen LogP) is 2.54. The fourth-order valence-corrected chi connectivity index (χ4v) is 1.88. The Morgan fingerprint density at radius 2 is 1.77 bits per heavy atom. The molecule has 0 radical (unpaired) electrons. The third kappa shape index (κ3) is 7.42. The molecule has 6 heteroatoms. The maximum absolute atomic E-state index is 11.7. The van der Waals surface area contributed by atoms with Gasteiger partial charge in [0.1, 0.15) is 5.71 Å². The van der Waals surface area contributed by atoms with Crippen LogP contribution in [0, 0.1) is 0 Å². The van der Waals surface area contributed by atoms with Gasteiger partial charge in [-0.2, -0.15) is 0 Å². The molecule has 2 amide bonds. The molecule has 1 rings (SSSR count). The van der Waals surface area contributed by atoms with Crippen molar-refractivity contribution in [3.63, 3.8) is 0 Å². The second-order valence-electron chi connectivity index (χ2n) is 5.02. The summed E-state index contributed by atoms with van der Waals surface area (Å²) in [5.41, 5.74) is 0.869. The Labute approximate surface area is 130 Å². The number of anilines is 1. The van der Waals surface area contributed by atoms with Gasteiger partial charge < -0.3 is 15.8 Å². The Balaban J connectivity index is 2.01. The molecule has 0 bridgehead atoms. The van der Waals surface area contributed by atoms with Gasteiger partial charge in [0.25, 0.3) is 5.91 Å². The molecule has 0 saturated carbocycles. The first-order valence-corrected chi connectivity index (χ1v) is 7.45. The number of hydrogen-bond donors (Lipinski definition) is 3. The normalized spacial score (nSPS) is 11.0. The lowest BCUT2D eigenvalue weighted by Gasteiger charge is -2.05. The number of rotatable bonds is 9. The summed E-state index contributed by atoms with van der Waals surface area (Å²) < 4.78 is 0. The second-order valence-corrected chi connectivity index (χ2v) is 5.02. The Hall–Kier alpha value is -2.37. The zero-order valence-corrected chi connectivity index (χ0v) is 12.8. The van der Waals surface area contributed by atoms with E-state index in [4.69, 9.17) is 5.21 Å². The molecule has 0 aliphatic rings. The largest absolute Gasteiger partial charge is 0.410 e. The topological polar surface area (TPSA) is 90.8 Å². The Morgan fingerprint density at radius 1 is 1.09 bits per heavy atom. The van der Waals surface area contributed by atoms with Crippen LogP contribution >= 0.6 is 0 Å². The van der Waals surface area contributed by atoms with E-state index in [9.17, 15) is 9.59 Å².